The molecule has 0 aromatic heterocycles. The van der Waals surface area contributed by atoms with Crippen LogP contribution in [0.5, 0.6) is 0 Å². The zero-order chi connectivity index (χ0) is 20.0. The Morgan fingerprint density at radius 2 is 1.93 bits per heavy atom. The van der Waals surface area contributed by atoms with E-state index < -0.39 is 0 Å². The van der Waals surface area contributed by atoms with Gasteiger partial charge in [-0.25, -0.2) is 0 Å². The minimum absolute atomic E-state index is 0.0852. The summed E-state index contributed by atoms with van der Waals surface area (Å²) in [4.78, 5) is 20.9. The van der Waals surface area contributed by atoms with Crippen molar-refractivity contribution in [3.8, 4) is 0 Å². The molecule has 1 unspecified atom stereocenters. The number of hydrogen-bond donors (Lipinski definition) is 2. The minimum Gasteiger partial charge on any atom is -0.373 e. The highest BCUT2D eigenvalue weighted by atomic mass is 35.5. The predicted octanol–water partition coefficient (Wildman–Crippen LogP) is 1.72. The van der Waals surface area contributed by atoms with E-state index in [1.165, 1.54) is 0 Å². The van der Waals surface area contributed by atoms with E-state index in [2.05, 4.69) is 27.4 Å². The molecular weight excluding hydrogens is 378 g/mol. The lowest BCUT2D eigenvalue weighted by atomic mass is 10.0. The summed E-state index contributed by atoms with van der Waals surface area (Å²) in [5.41, 5.74) is 0.987. The van der Waals surface area contributed by atoms with Crippen LogP contribution in [0.25, 0.3) is 0 Å². The number of halogens is 1. The molecule has 3 rings (SSSR count). The third-order valence-corrected chi connectivity index (χ3v) is 5.64. The minimum atomic E-state index is -0.153. The van der Waals surface area contributed by atoms with E-state index >= 15 is 0 Å². The number of ether oxygens (including phenoxy) is 1. The molecule has 28 heavy (non-hydrogen) atoms. The molecule has 7 nitrogen and oxygen atoms in total. The Hall–Kier alpha value is -1.99. The average molecular weight is 408 g/mol. The monoisotopic (exact) mass is 407 g/mol. The fourth-order valence-electron chi connectivity index (χ4n) is 3.60. The number of rotatable bonds is 5. The number of aliphatic imine (C=N–C) groups is 1. The Balaban J connectivity index is 1.40. The number of amides is 1. The SMILES string of the molecule is CN=C(NCC(=O)N1CCN(c2ccc(Cl)cc2)CC1)NCC1(C)CCCO1. The number of piperazine rings is 1. The van der Waals surface area contributed by atoms with Crippen molar-refractivity contribution < 1.29 is 9.53 Å². The largest absolute Gasteiger partial charge is 0.373 e. The van der Waals surface area contributed by atoms with Gasteiger partial charge in [0.1, 0.15) is 0 Å². The van der Waals surface area contributed by atoms with Crippen LogP contribution in [-0.4, -0.2) is 75.3 Å². The van der Waals surface area contributed by atoms with Gasteiger partial charge in [-0.1, -0.05) is 11.6 Å². The van der Waals surface area contributed by atoms with Crippen molar-refractivity contribution in [2.24, 2.45) is 4.99 Å². The van der Waals surface area contributed by atoms with Crippen LogP contribution in [0.1, 0.15) is 19.8 Å². The van der Waals surface area contributed by atoms with Crippen LogP contribution in [0.4, 0.5) is 5.69 Å². The first-order chi connectivity index (χ1) is 13.5. The highest BCUT2D eigenvalue weighted by molar-refractivity contribution is 6.30. The first kappa shape index (κ1) is 20.7. The lowest BCUT2D eigenvalue weighted by molar-refractivity contribution is -0.130. The standard InChI is InChI=1S/C20H30ClN5O2/c1-20(8-3-13-28-20)15-24-19(22-2)23-14-18(27)26-11-9-25(10-12-26)17-6-4-16(21)5-7-17/h4-7H,3,8-15H2,1-2H3,(H2,22,23,24). The number of carbonyl (C=O) groups is 1. The van der Waals surface area contributed by atoms with Gasteiger partial charge in [0.2, 0.25) is 5.91 Å². The molecular formula is C20H30ClN5O2. The second-order valence-electron chi connectivity index (χ2n) is 7.53. The molecule has 2 aliphatic heterocycles. The maximum atomic E-state index is 12.5. The molecule has 2 N–H and O–H groups in total. The Morgan fingerprint density at radius 3 is 2.54 bits per heavy atom. The van der Waals surface area contributed by atoms with Gasteiger partial charge in [0.25, 0.3) is 0 Å². The highest BCUT2D eigenvalue weighted by Gasteiger charge is 2.29. The van der Waals surface area contributed by atoms with E-state index in [0.717, 1.165) is 43.2 Å². The molecule has 0 aliphatic carbocycles. The Labute approximate surface area is 172 Å². The summed E-state index contributed by atoms with van der Waals surface area (Å²) in [6, 6.07) is 7.83. The summed E-state index contributed by atoms with van der Waals surface area (Å²) >= 11 is 5.95. The molecule has 0 spiro atoms. The van der Waals surface area contributed by atoms with Gasteiger partial charge in [-0.2, -0.15) is 0 Å². The zero-order valence-electron chi connectivity index (χ0n) is 16.7. The van der Waals surface area contributed by atoms with Crippen molar-refractivity contribution in [3.63, 3.8) is 0 Å². The smallest absolute Gasteiger partial charge is 0.242 e. The number of benzene rings is 1. The van der Waals surface area contributed by atoms with Gasteiger partial charge in [-0.3, -0.25) is 9.79 Å². The Morgan fingerprint density at radius 1 is 1.21 bits per heavy atom. The van der Waals surface area contributed by atoms with E-state index in [9.17, 15) is 4.79 Å². The lowest BCUT2D eigenvalue weighted by Gasteiger charge is -2.36. The average Bonchev–Trinajstić information content (AvgIpc) is 3.15. The van der Waals surface area contributed by atoms with Gasteiger partial charge in [0, 0.05) is 57.1 Å². The highest BCUT2D eigenvalue weighted by Crippen LogP contribution is 2.23. The van der Waals surface area contributed by atoms with Gasteiger partial charge in [-0.05, 0) is 44.0 Å². The molecule has 1 atom stereocenters. The molecule has 0 saturated carbocycles. The third-order valence-electron chi connectivity index (χ3n) is 5.39. The summed E-state index contributed by atoms with van der Waals surface area (Å²) in [6.07, 6.45) is 2.12. The van der Waals surface area contributed by atoms with E-state index in [0.29, 0.717) is 25.6 Å². The van der Waals surface area contributed by atoms with Gasteiger partial charge in [0.15, 0.2) is 5.96 Å². The molecule has 1 aromatic carbocycles. The van der Waals surface area contributed by atoms with Crippen molar-refractivity contribution in [2.45, 2.75) is 25.4 Å². The fourth-order valence-corrected chi connectivity index (χ4v) is 3.73. The van der Waals surface area contributed by atoms with Crippen molar-refractivity contribution in [3.05, 3.63) is 29.3 Å². The van der Waals surface area contributed by atoms with Crippen molar-refractivity contribution >= 4 is 29.2 Å². The quantitative estimate of drug-likeness (QED) is 0.574. The number of anilines is 1. The molecule has 1 amide bonds. The maximum absolute atomic E-state index is 12.5. The van der Waals surface area contributed by atoms with Gasteiger partial charge >= 0.3 is 0 Å². The molecule has 2 heterocycles. The van der Waals surface area contributed by atoms with Crippen molar-refractivity contribution in [2.75, 3.05) is 57.8 Å². The zero-order valence-corrected chi connectivity index (χ0v) is 17.5. The summed E-state index contributed by atoms with van der Waals surface area (Å²) in [5.74, 6) is 0.715. The van der Waals surface area contributed by atoms with Gasteiger partial charge in [-0.15, -0.1) is 0 Å². The topological polar surface area (TPSA) is 69.2 Å². The van der Waals surface area contributed by atoms with Crippen LogP contribution in [0.3, 0.4) is 0 Å². The van der Waals surface area contributed by atoms with Crippen LogP contribution in [-0.2, 0) is 9.53 Å². The maximum Gasteiger partial charge on any atom is 0.242 e. The van der Waals surface area contributed by atoms with Crippen LogP contribution >= 0.6 is 11.6 Å². The second-order valence-corrected chi connectivity index (χ2v) is 7.96. The summed E-state index contributed by atoms with van der Waals surface area (Å²) in [5, 5.41) is 7.12. The normalized spacial score (nSPS) is 23.0. The molecule has 2 saturated heterocycles. The van der Waals surface area contributed by atoms with E-state index in [1.54, 1.807) is 7.05 Å². The van der Waals surface area contributed by atoms with E-state index in [4.69, 9.17) is 16.3 Å². The molecule has 2 fully saturated rings. The second kappa shape index (κ2) is 9.47. The van der Waals surface area contributed by atoms with Crippen molar-refractivity contribution in [1.82, 2.24) is 15.5 Å². The van der Waals surface area contributed by atoms with Crippen molar-refractivity contribution in [1.29, 1.82) is 0 Å². The number of carbonyl (C=O) groups excluding carboxylic acids is 1. The van der Waals surface area contributed by atoms with E-state index in [1.807, 2.05) is 29.2 Å². The Bertz CT molecular complexity index is 680. The van der Waals surface area contributed by atoms with Crippen LogP contribution < -0.4 is 15.5 Å². The van der Waals surface area contributed by atoms with Crippen LogP contribution in [0, 0.1) is 0 Å². The molecule has 0 radical (unpaired) electrons. The summed E-state index contributed by atoms with van der Waals surface area (Å²) < 4.78 is 5.78. The molecule has 1 aromatic rings. The van der Waals surface area contributed by atoms with Gasteiger partial charge in [0.05, 0.1) is 12.1 Å². The first-order valence-corrected chi connectivity index (χ1v) is 10.2. The summed E-state index contributed by atoms with van der Waals surface area (Å²) in [7, 11) is 1.71. The molecule has 8 heteroatoms. The van der Waals surface area contributed by atoms with E-state index in [-0.39, 0.29) is 18.1 Å². The predicted molar refractivity (Wildman–Crippen MR) is 113 cm³/mol. The first-order valence-electron chi connectivity index (χ1n) is 9.86. The van der Waals surface area contributed by atoms with Crippen LogP contribution in [0.2, 0.25) is 5.02 Å². The molecule has 154 valence electrons. The molecule has 0 bridgehead atoms. The number of guanidine groups is 1. The number of hydrogen-bond acceptors (Lipinski definition) is 4. The molecule has 2 aliphatic rings. The third kappa shape index (κ3) is 5.52. The van der Waals surface area contributed by atoms with Gasteiger partial charge < -0.3 is 25.2 Å². The number of nitrogens with one attached hydrogen (secondary N) is 2. The lowest BCUT2D eigenvalue weighted by Crippen LogP contribution is -2.53. The van der Waals surface area contributed by atoms with Crippen LogP contribution in [0.15, 0.2) is 29.3 Å². The number of nitrogens with zero attached hydrogens (tertiary/aromatic N) is 3. The Kier molecular flexibility index (Phi) is 7.02. The summed E-state index contributed by atoms with van der Waals surface area (Å²) in [6.45, 7) is 6.88. The fraction of sp³-hybridized carbons (Fsp3) is 0.600.